The highest BCUT2D eigenvalue weighted by Crippen LogP contribution is 2.22. The van der Waals surface area contributed by atoms with Crippen LogP contribution in [-0.4, -0.2) is 18.1 Å². The van der Waals surface area contributed by atoms with E-state index < -0.39 is 0 Å². The van der Waals surface area contributed by atoms with Gasteiger partial charge in [-0.15, -0.1) is 0 Å². The van der Waals surface area contributed by atoms with Crippen LogP contribution in [0.2, 0.25) is 5.02 Å². The second kappa shape index (κ2) is 7.36. The van der Waals surface area contributed by atoms with E-state index in [-0.39, 0.29) is 0 Å². The minimum atomic E-state index is 0.610. The number of para-hydroxylation sites is 1. The lowest BCUT2D eigenvalue weighted by Crippen LogP contribution is -2.08. The summed E-state index contributed by atoms with van der Waals surface area (Å²) >= 11 is 9.37. The smallest absolute Gasteiger partial charge is 0.144 e. The Kier molecular flexibility index (Phi) is 5.48. The van der Waals surface area contributed by atoms with Crippen molar-refractivity contribution in [2.24, 2.45) is 0 Å². The number of nitrogens with one attached hydrogen (secondary N) is 1. The van der Waals surface area contributed by atoms with Crippen LogP contribution >= 0.6 is 27.5 Å². The topological polar surface area (TPSA) is 34.2 Å². The first kappa shape index (κ1) is 14.2. The van der Waals surface area contributed by atoms with Crippen LogP contribution in [0.5, 0.6) is 5.75 Å². The van der Waals surface area contributed by atoms with Crippen LogP contribution in [0, 0.1) is 0 Å². The molecule has 0 amide bonds. The van der Waals surface area contributed by atoms with E-state index in [0.717, 1.165) is 23.2 Å². The quantitative estimate of drug-likeness (QED) is 0.792. The van der Waals surface area contributed by atoms with Crippen molar-refractivity contribution < 1.29 is 4.74 Å². The van der Waals surface area contributed by atoms with Gasteiger partial charge in [-0.25, -0.2) is 4.98 Å². The second-order valence-corrected chi connectivity index (χ2v) is 5.25. The van der Waals surface area contributed by atoms with Crippen molar-refractivity contribution in [3.63, 3.8) is 0 Å². The summed E-state index contributed by atoms with van der Waals surface area (Å²) < 4.78 is 6.46. The lowest BCUT2D eigenvalue weighted by atomic mass is 10.3. The summed E-state index contributed by atoms with van der Waals surface area (Å²) in [7, 11) is 0. The minimum Gasteiger partial charge on any atom is -0.494 e. The maximum atomic E-state index is 6.05. The second-order valence-electron chi connectivity index (χ2n) is 3.93. The Morgan fingerprint density at radius 3 is 2.79 bits per heavy atom. The molecule has 0 spiro atoms. The molecule has 0 radical (unpaired) electrons. The fourth-order valence-corrected chi connectivity index (χ4v) is 2.23. The number of halogens is 2. The van der Waals surface area contributed by atoms with E-state index in [1.54, 1.807) is 6.20 Å². The monoisotopic (exact) mass is 340 g/mol. The first-order valence-corrected chi connectivity index (χ1v) is 7.15. The van der Waals surface area contributed by atoms with Gasteiger partial charge >= 0.3 is 0 Å². The molecule has 0 aliphatic carbocycles. The average Bonchev–Trinajstić information content (AvgIpc) is 2.42. The predicted molar refractivity (Wildman–Crippen MR) is 82.0 cm³/mol. The van der Waals surface area contributed by atoms with E-state index in [0.29, 0.717) is 17.4 Å². The Balaban J connectivity index is 1.69. The Hall–Kier alpha value is -1.26. The van der Waals surface area contributed by atoms with Gasteiger partial charge in [0.05, 0.1) is 11.6 Å². The molecule has 19 heavy (non-hydrogen) atoms. The summed E-state index contributed by atoms with van der Waals surface area (Å²) in [4.78, 5) is 4.20. The van der Waals surface area contributed by atoms with Crippen LogP contribution < -0.4 is 10.1 Å². The standard InChI is InChI=1S/C14H14BrClN2O/c15-11-9-13(16)14(18-10-11)17-7-4-8-19-12-5-2-1-3-6-12/h1-3,5-6,9-10H,4,7-8H2,(H,17,18). The largest absolute Gasteiger partial charge is 0.494 e. The molecule has 0 saturated carbocycles. The zero-order valence-electron chi connectivity index (χ0n) is 10.3. The third-order valence-corrected chi connectivity index (χ3v) is 3.16. The molecule has 0 unspecified atom stereocenters. The van der Waals surface area contributed by atoms with Crippen LogP contribution in [0.25, 0.3) is 0 Å². The molecule has 0 bridgehead atoms. The normalized spacial score (nSPS) is 10.2. The summed E-state index contributed by atoms with van der Waals surface area (Å²) in [5, 5.41) is 3.79. The van der Waals surface area contributed by atoms with Gasteiger partial charge in [0.2, 0.25) is 0 Å². The predicted octanol–water partition coefficient (Wildman–Crippen LogP) is 4.38. The molecule has 1 heterocycles. The van der Waals surface area contributed by atoms with Crippen LogP contribution in [0.1, 0.15) is 6.42 Å². The first-order valence-electron chi connectivity index (χ1n) is 5.98. The van der Waals surface area contributed by atoms with Crippen molar-refractivity contribution in [3.8, 4) is 5.75 Å². The van der Waals surface area contributed by atoms with Gasteiger partial charge in [-0.2, -0.15) is 0 Å². The summed E-state index contributed by atoms with van der Waals surface area (Å²) in [5.41, 5.74) is 0. The Morgan fingerprint density at radius 2 is 2.05 bits per heavy atom. The molecule has 5 heteroatoms. The van der Waals surface area contributed by atoms with Crippen LogP contribution in [0.4, 0.5) is 5.82 Å². The molecular formula is C14H14BrClN2O. The Labute approximate surface area is 126 Å². The van der Waals surface area contributed by atoms with Crippen molar-refractivity contribution in [1.29, 1.82) is 0 Å². The Bertz CT molecular complexity index is 522. The molecule has 3 nitrogen and oxygen atoms in total. The maximum absolute atomic E-state index is 6.05. The van der Waals surface area contributed by atoms with E-state index in [1.165, 1.54) is 0 Å². The van der Waals surface area contributed by atoms with E-state index >= 15 is 0 Å². The minimum absolute atomic E-state index is 0.610. The SMILES string of the molecule is Clc1cc(Br)cnc1NCCCOc1ccccc1. The number of nitrogens with zero attached hydrogens (tertiary/aromatic N) is 1. The molecule has 2 rings (SSSR count). The molecular weight excluding hydrogens is 328 g/mol. The van der Waals surface area contributed by atoms with Gasteiger partial charge in [-0.05, 0) is 40.5 Å². The molecule has 0 saturated heterocycles. The number of hydrogen-bond acceptors (Lipinski definition) is 3. The van der Waals surface area contributed by atoms with Gasteiger partial charge in [0.1, 0.15) is 11.6 Å². The van der Waals surface area contributed by atoms with Crippen molar-refractivity contribution in [2.75, 3.05) is 18.5 Å². The van der Waals surface area contributed by atoms with E-state index in [2.05, 4.69) is 26.2 Å². The lowest BCUT2D eigenvalue weighted by molar-refractivity contribution is 0.315. The summed E-state index contributed by atoms with van der Waals surface area (Å²) in [6, 6.07) is 11.6. The van der Waals surface area contributed by atoms with E-state index in [9.17, 15) is 0 Å². The zero-order valence-corrected chi connectivity index (χ0v) is 12.6. The highest BCUT2D eigenvalue weighted by Gasteiger charge is 2.01. The van der Waals surface area contributed by atoms with Crippen molar-refractivity contribution in [2.45, 2.75) is 6.42 Å². The fourth-order valence-electron chi connectivity index (χ4n) is 1.53. The van der Waals surface area contributed by atoms with Crippen molar-refractivity contribution >= 4 is 33.3 Å². The molecule has 0 aliphatic heterocycles. The number of aromatic nitrogens is 1. The van der Waals surface area contributed by atoms with Gasteiger partial charge in [0.25, 0.3) is 0 Å². The highest BCUT2D eigenvalue weighted by molar-refractivity contribution is 9.10. The highest BCUT2D eigenvalue weighted by atomic mass is 79.9. The zero-order chi connectivity index (χ0) is 13.5. The van der Waals surface area contributed by atoms with Crippen LogP contribution in [0.3, 0.4) is 0 Å². The Morgan fingerprint density at radius 1 is 1.26 bits per heavy atom. The third-order valence-electron chi connectivity index (χ3n) is 2.43. The number of benzene rings is 1. The molecule has 0 aliphatic rings. The third kappa shape index (κ3) is 4.73. The summed E-state index contributed by atoms with van der Waals surface area (Å²) in [6.45, 7) is 1.42. The van der Waals surface area contributed by atoms with Gasteiger partial charge in [-0.3, -0.25) is 0 Å². The van der Waals surface area contributed by atoms with Crippen molar-refractivity contribution in [1.82, 2.24) is 4.98 Å². The molecule has 1 aromatic carbocycles. The molecule has 2 aromatic rings. The summed E-state index contributed by atoms with van der Waals surface area (Å²) in [5.74, 6) is 1.59. The number of rotatable bonds is 6. The first-order chi connectivity index (χ1) is 9.25. The maximum Gasteiger partial charge on any atom is 0.144 e. The molecule has 0 atom stereocenters. The van der Waals surface area contributed by atoms with Crippen LogP contribution in [0.15, 0.2) is 47.1 Å². The van der Waals surface area contributed by atoms with Gasteiger partial charge < -0.3 is 10.1 Å². The average molecular weight is 342 g/mol. The van der Waals surface area contributed by atoms with E-state index in [4.69, 9.17) is 16.3 Å². The number of pyridine rings is 1. The lowest BCUT2D eigenvalue weighted by Gasteiger charge is -2.08. The number of anilines is 1. The van der Waals surface area contributed by atoms with Crippen LogP contribution in [-0.2, 0) is 0 Å². The molecule has 0 fully saturated rings. The van der Waals surface area contributed by atoms with Gasteiger partial charge in [-0.1, -0.05) is 29.8 Å². The molecule has 1 N–H and O–H groups in total. The van der Waals surface area contributed by atoms with Crippen molar-refractivity contribution in [3.05, 3.63) is 52.1 Å². The summed E-state index contributed by atoms with van der Waals surface area (Å²) in [6.07, 6.45) is 2.59. The van der Waals surface area contributed by atoms with E-state index in [1.807, 2.05) is 36.4 Å². The number of hydrogen-bond donors (Lipinski definition) is 1. The van der Waals surface area contributed by atoms with Gasteiger partial charge in [0, 0.05) is 17.2 Å². The molecule has 1 aromatic heterocycles. The van der Waals surface area contributed by atoms with Gasteiger partial charge in [0.15, 0.2) is 0 Å². The molecule has 100 valence electrons. The fraction of sp³-hybridized carbons (Fsp3) is 0.214. The number of ether oxygens (including phenoxy) is 1.